The number of anilines is 1. The first kappa shape index (κ1) is 18.6. The van der Waals surface area contributed by atoms with Crippen LogP contribution in [0.15, 0.2) is 18.2 Å². The van der Waals surface area contributed by atoms with Gasteiger partial charge in [-0.05, 0) is 24.6 Å². The number of fused-ring (bicyclic) bond motifs is 1. The van der Waals surface area contributed by atoms with E-state index in [0.29, 0.717) is 11.1 Å². The number of carbonyl (C=O) groups excluding carboxylic acids is 4. The third-order valence-electron chi connectivity index (χ3n) is 5.41. The van der Waals surface area contributed by atoms with Crippen LogP contribution in [-0.4, -0.2) is 78.7 Å². The van der Waals surface area contributed by atoms with Crippen LogP contribution in [0.25, 0.3) is 0 Å². The second-order valence-corrected chi connectivity index (χ2v) is 7.23. The first-order chi connectivity index (χ1) is 13.5. The number of nitrogens with zero attached hydrogens (tertiary/aromatic N) is 2. The third-order valence-corrected chi connectivity index (χ3v) is 5.41. The van der Waals surface area contributed by atoms with E-state index in [1.807, 2.05) is 0 Å². The SMILES string of the molecule is O=C1CCC(N2C(=O)c3ccc(NCCN4CCNCC4)cc3C2=O)C(=O)N1. The summed E-state index contributed by atoms with van der Waals surface area (Å²) in [6.45, 7) is 5.64. The molecule has 0 spiro atoms. The zero-order valence-electron chi connectivity index (χ0n) is 15.5. The summed E-state index contributed by atoms with van der Waals surface area (Å²) >= 11 is 0. The molecule has 4 amide bonds. The standard InChI is InChI=1S/C19H23N5O4/c25-16-4-3-15(17(26)22-16)24-18(27)13-2-1-12(11-14(13)19(24)28)21-7-10-23-8-5-20-6-9-23/h1-2,11,15,20-21H,3-10H2,(H,22,25,26). The van der Waals surface area contributed by atoms with Crippen molar-refractivity contribution in [3.63, 3.8) is 0 Å². The number of hydrogen-bond acceptors (Lipinski definition) is 7. The number of carbonyl (C=O) groups is 4. The summed E-state index contributed by atoms with van der Waals surface area (Å²) < 4.78 is 0. The van der Waals surface area contributed by atoms with Crippen molar-refractivity contribution in [1.82, 2.24) is 20.4 Å². The van der Waals surface area contributed by atoms with Crippen LogP contribution in [0.5, 0.6) is 0 Å². The monoisotopic (exact) mass is 385 g/mol. The van der Waals surface area contributed by atoms with Gasteiger partial charge in [-0.2, -0.15) is 0 Å². The Balaban J connectivity index is 1.43. The highest BCUT2D eigenvalue weighted by atomic mass is 16.2. The van der Waals surface area contributed by atoms with Gasteiger partial charge in [0.2, 0.25) is 11.8 Å². The zero-order valence-corrected chi connectivity index (χ0v) is 15.5. The molecule has 148 valence electrons. The van der Waals surface area contributed by atoms with Gasteiger partial charge in [-0.25, -0.2) is 0 Å². The van der Waals surface area contributed by atoms with E-state index in [9.17, 15) is 19.2 Å². The summed E-state index contributed by atoms with van der Waals surface area (Å²) in [7, 11) is 0. The number of benzene rings is 1. The van der Waals surface area contributed by atoms with Crippen LogP contribution in [0, 0.1) is 0 Å². The summed E-state index contributed by atoms with van der Waals surface area (Å²) in [5, 5.41) is 8.81. The largest absolute Gasteiger partial charge is 0.384 e. The molecule has 3 aliphatic heterocycles. The second-order valence-electron chi connectivity index (χ2n) is 7.23. The van der Waals surface area contributed by atoms with Crippen molar-refractivity contribution in [2.45, 2.75) is 18.9 Å². The lowest BCUT2D eigenvalue weighted by molar-refractivity contribution is -0.136. The van der Waals surface area contributed by atoms with Crippen LogP contribution in [0.4, 0.5) is 5.69 Å². The summed E-state index contributed by atoms with van der Waals surface area (Å²) in [6.07, 6.45) is 0.272. The Morgan fingerprint density at radius 2 is 1.79 bits per heavy atom. The van der Waals surface area contributed by atoms with Gasteiger partial charge in [-0.1, -0.05) is 0 Å². The molecule has 3 aliphatic rings. The summed E-state index contributed by atoms with van der Waals surface area (Å²) in [4.78, 5) is 52.2. The van der Waals surface area contributed by atoms with Gasteiger partial charge in [0.25, 0.3) is 11.8 Å². The van der Waals surface area contributed by atoms with Crippen LogP contribution < -0.4 is 16.0 Å². The van der Waals surface area contributed by atoms with Crippen molar-refractivity contribution in [3.8, 4) is 0 Å². The summed E-state index contributed by atoms with van der Waals surface area (Å²) in [5.41, 5.74) is 1.35. The molecule has 0 saturated carbocycles. The highest BCUT2D eigenvalue weighted by Gasteiger charge is 2.44. The van der Waals surface area contributed by atoms with Crippen molar-refractivity contribution >= 4 is 29.3 Å². The highest BCUT2D eigenvalue weighted by Crippen LogP contribution is 2.29. The molecule has 2 saturated heterocycles. The lowest BCUT2D eigenvalue weighted by Crippen LogP contribution is -2.54. The minimum Gasteiger partial charge on any atom is -0.384 e. The number of nitrogens with one attached hydrogen (secondary N) is 3. The van der Waals surface area contributed by atoms with Crippen LogP contribution in [-0.2, 0) is 9.59 Å². The van der Waals surface area contributed by atoms with E-state index in [4.69, 9.17) is 0 Å². The van der Waals surface area contributed by atoms with Gasteiger partial charge >= 0.3 is 0 Å². The van der Waals surface area contributed by atoms with E-state index in [2.05, 4.69) is 20.9 Å². The number of amides is 4. The van der Waals surface area contributed by atoms with E-state index >= 15 is 0 Å². The number of rotatable bonds is 5. The molecule has 0 bridgehead atoms. The maximum absolute atomic E-state index is 12.8. The third kappa shape index (κ3) is 3.50. The Morgan fingerprint density at radius 3 is 2.54 bits per heavy atom. The number of piperazine rings is 1. The van der Waals surface area contributed by atoms with Crippen molar-refractivity contribution < 1.29 is 19.2 Å². The van der Waals surface area contributed by atoms with E-state index in [1.54, 1.807) is 18.2 Å². The molecule has 0 aromatic heterocycles. The highest BCUT2D eigenvalue weighted by molar-refractivity contribution is 6.23. The lowest BCUT2D eigenvalue weighted by Gasteiger charge is -2.27. The first-order valence-electron chi connectivity index (χ1n) is 9.57. The van der Waals surface area contributed by atoms with Gasteiger partial charge in [-0.15, -0.1) is 0 Å². The Morgan fingerprint density at radius 1 is 1.04 bits per heavy atom. The molecule has 28 heavy (non-hydrogen) atoms. The molecule has 1 aromatic carbocycles. The fourth-order valence-corrected chi connectivity index (χ4v) is 3.87. The Labute approximate surface area is 162 Å². The van der Waals surface area contributed by atoms with Crippen LogP contribution in [0.3, 0.4) is 0 Å². The number of hydrogen-bond donors (Lipinski definition) is 3. The van der Waals surface area contributed by atoms with Gasteiger partial charge in [0, 0.05) is 51.4 Å². The average molecular weight is 385 g/mol. The van der Waals surface area contributed by atoms with Crippen molar-refractivity contribution in [2.75, 3.05) is 44.6 Å². The maximum atomic E-state index is 12.8. The summed E-state index contributed by atoms with van der Waals surface area (Å²) in [5.74, 6) is -1.95. The predicted octanol–water partition coefficient (Wildman–Crippen LogP) is -0.595. The zero-order chi connectivity index (χ0) is 19.7. The van der Waals surface area contributed by atoms with Crippen LogP contribution in [0.2, 0.25) is 0 Å². The average Bonchev–Trinajstić information content (AvgIpc) is 2.93. The van der Waals surface area contributed by atoms with Gasteiger partial charge in [0.05, 0.1) is 11.1 Å². The quantitative estimate of drug-likeness (QED) is 0.581. The van der Waals surface area contributed by atoms with Gasteiger partial charge in [0.15, 0.2) is 0 Å². The molecule has 3 N–H and O–H groups in total. The van der Waals surface area contributed by atoms with E-state index < -0.39 is 23.8 Å². The molecular formula is C19H23N5O4. The van der Waals surface area contributed by atoms with Crippen LogP contribution in [0.1, 0.15) is 33.6 Å². The molecule has 1 aromatic rings. The van der Waals surface area contributed by atoms with Gasteiger partial charge < -0.3 is 10.6 Å². The van der Waals surface area contributed by atoms with Crippen molar-refractivity contribution in [3.05, 3.63) is 29.3 Å². The second kappa shape index (κ2) is 7.69. The molecule has 2 fully saturated rings. The van der Waals surface area contributed by atoms with E-state index in [0.717, 1.165) is 49.9 Å². The predicted molar refractivity (Wildman–Crippen MR) is 101 cm³/mol. The molecule has 4 rings (SSSR count). The lowest BCUT2D eigenvalue weighted by atomic mass is 10.0. The van der Waals surface area contributed by atoms with Gasteiger partial charge in [-0.3, -0.25) is 34.3 Å². The smallest absolute Gasteiger partial charge is 0.262 e. The van der Waals surface area contributed by atoms with Crippen molar-refractivity contribution in [1.29, 1.82) is 0 Å². The molecule has 3 heterocycles. The Kier molecular flexibility index (Phi) is 5.10. The fraction of sp³-hybridized carbons (Fsp3) is 0.474. The molecule has 0 radical (unpaired) electrons. The molecular weight excluding hydrogens is 362 g/mol. The number of imide groups is 2. The minimum atomic E-state index is -0.936. The normalized spacial score (nSPS) is 23.0. The topological polar surface area (TPSA) is 111 Å². The number of piperidine rings is 1. The maximum Gasteiger partial charge on any atom is 0.262 e. The van der Waals surface area contributed by atoms with Crippen molar-refractivity contribution in [2.24, 2.45) is 0 Å². The molecule has 9 nitrogen and oxygen atoms in total. The first-order valence-corrected chi connectivity index (χ1v) is 9.57. The Hall–Kier alpha value is -2.78. The van der Waals surface area contributed by atoms with E-state index in [1.165, 1.54) is 0 Å². The van der Waals surface area contributed by atoms with Gasteiger partial charge in [0.1, 0.15) is 6.04 Å². The van der Waals surface area contributed by atoms with E-state index in [-0.39, 0.29) is 18.7 Å². The molecule has 1 atom stereocenters. The summed E-state index contributed by atoms with van der Waals surface area (Å²) in [6, 6.07) is 4.12. The minimum absolute atomic E-state index is 0.114. The fourth-order valence-electron chi connectivity index (χ4n) is 3.87. The van der Waals surface area contributed by atoms with Crippen LogP contribution >= 0.6 is 0 Å². The molecule has 1 unspecified atom stereocenters. The molecule has 9 heteroatoms. The molecule has 0 aliphatic carbocycles. The Bertz CT molecular complexity index is 834.